The third-order valence-electron chi connectivity index (χ3n) is 3.28. The minimum Gasteiger partial charge on any atom is -0.363 e. The fourth-order valence-electron chi connectivity index (χ4n) is 2.16. The largest absolute Gasteiger partial charge is 0.363 e. The zero-order valence-corrected chi connectivity index (χ0v) is 13.2. The SMILES string of the molecule is CCN(Cc1ccccc1)S(=O)(=O)c1c[nH]c(CNC)c1. The third kappa shape index (κ3) is 3.72. The van der Waals surface area contributed by atoms with Gasteiger partial charge in [0.2, 0.25) is 10.0 Å². The maximum absolute atomic E-state index is 12.7. The predicted molar refractivity (Wildman–Crippen MR) is 83.3 cm³/mol. The van der Waals surface area contributed by atoms with E-state index in [0.29, 0.717) is 24.5 Å². The van der Waals surface area contributed by atoms with Crippen molar-refractivity contribution in [2.75, 3.05) is 13.6 Å². The Bertz CT molecular complexity index is 665. The molecule has 0 atom stereocenters. The normalized spacial score (nSPS) is 12.0. The van der Waals surface area contributed by atoms with Crippen LogP contribution in [0.5, 0.6) is 0 Å². The fraction of sp³-hybridized carbons (Fsp3) is 0.333. The van der Waals surface area contributed by atoms with E-state index in [2.05, 4.69) is 10.3 Å². The molecule has 1 heterocycles. The van der Waals surface area contributed by atoms with Gasteiger partial charge in [0, 0.05) is 31.5 Å². The molecule has 2 N–H and O–H groups in total. The van der Waals surface area contributed by atoms with Gasteiger partial charge in [-0.05, 0) is 18.7 Å². The van der Waals surface area contributed by atoms with Crippen LogP contribution >= 0.6 is 0 Å². The highest BCUT2D eigenvalue weighted by molar-refractivity contribution is 7.89. The molecule has 0 aliphatic heterocycles. The van der Waals surface area contributed by atoms with E-state index in [-0.39, 0.29) is 0 Å². The molecule has 2 aromatic rings. The molecule has 0 saturated heterocycles. The first-order valence-corrected chi connectivity index (χ1v) is 8.38. The lowest BCUT2D eigenvalue weighted by Gasteiger charge is -2.19. The average Bonchev–Trinajstić information content (AvgIpc) is 2.95. The third-order valence-corrected chi connectivity index (χ3v) is 5.17. The van der Waals surface area contributed by atoms with Crippen molar-refractivity contribution in [1.29, 1.82) is 0 Å². The van der Waals surface area contributed by atoms with Gasteiger partial charge in [-0.15, -0.1) is 0 Å². The molecule has 2 rings (SSSR count). The minimum absolute atomic E-state index is 0.311. The second-order valence-corrected chi connectivity index (χ2v) is 6.75. The molecule has 0 aliphatic carbocycles. The molecule has 0 aliphatic rings. The highest BCUT2D eigenvalue weighted by atomic mass is 32.2. The zero-order valence-electron chi connectivity index (χ0n) is 12.3. The van der Waals surface area contributed by atoms with Gasteiger partial charge in [-0.25, -0.2) is 8.42 Å². The summed E-state index contributed by atoms with van der Waals surface area (Å²) >= 11 is 0. The van der Waals surface area contributed by atoms with E-state index in [1.54, 1.807) is 12.3 Å². The Kier molecular flexibility index (Phi) is 5.17. The summed E-state index contributed by atoms with van der Waals surface area (Å²) in [5.41, 5.74) is 1.83. The molecule has 114 valence electrons. The quantitative estimate of drug-likeness (QED) is 0.821. The maximum atomic E-state index is 12.7. The second kappa shape index (κ2) is 6.89. The molecule has 0 bridgehead atoms. The number of benzene rings is 1. The number of hydrogen-bond acceptors (Lipinski definition) is 3. The molecule has 21 heavy (non-hydrogen) atoms. The molecule has 1 aromatic heterocycles. The van der Waals surface area contributed by atoms with E-state index in [9.17, 15) is 8.42 Å². The monoisotopic (exact) mass is 307 g/mol. The van der Waals surface area contributed by atoms with Crippen molar-refractivity contribution in [3.63, 3.8) is 0 Å². The predicted octanol–water partition coefficient (Wildman–Crippen LogP) is 1.94. The smallest absolute Gasteiger partial charge is 0.244 e. The van der Waals surface area contributed by atoms with E-state index < -0.39 is 10.0 Å². The van der Waals surface area contributed by atoms with Crippen molar-refractivity contribution < 1.29 is 8.42 Å². The van der Waals surface area contributed by atoms with Crippen LogP contribution in [0, 0.1) is 0 Å². The number of aromatic amines is 1. The number of sulfonamides is 1. The molecular weight excluding hydrogens is 286 g/mol. The van der Waals surface area contributed by atoms with Crippen LogP contribution in [-0.2, 0) is 23.1 Å². The van der Waals surface area contributed by atoms with Gasteiger partial charge in [0.15, 0.2) is 0 Å². The fourth-order valence-corrected chi connectivity index (χ4v) is 3.62. The van der Waals surface area contributed by atoms with E-state index >= 15 is 0 Å². The maximum Gasteiger partial charge on any atom is 0.244 e. The average molecular weight is 307 g/mol. The number of nitrogens with one attached hydrogen (secondary N) is 2. The van der Waals surface area contributed by atoms with Crippen LogP contribution in [0.1, 0.15) is 18.2 Å². The molecule has 0 spiro atoms. The van der Waals surface area contributed by atoms with Crippen molar-refractivity contribution in [3.8, 4) is 0 Å². The van der Waals surface area contributed by atoms with E-state index in [1.165, 1.54) is 4.31 Å². The molecule has 1 aromatic carbocycles. The van der Waals surface area contributed by atoms with Gasteiger partial charge in [-0.2, -0.15) is 4.31 Å². The molecular formula is C15H21N3O2S. The first-order valence-electron chi connectivity index (χ1n) is 6.94. The molecule has 0 unspecified atom stereocenters. The van der Waals surface area contributed by atoms with Gasteiger partial charge in [0.05, 0.1) is 4.90 Å². The van der Waals surface area contributed by atoms with Gasteiger partial charge in [-0.3, -0.25) is 0 Å². The van der Waals surface area contributed by atoms with Crippen LogP contribution in [0.25, 0.3) is 0 Å². The van der Waals surface area contributed by atoms with Crippen LogP contribution in [0.2, 0.25) is 0 Å². The highest BCUT2D eigenvalue weighted by Crippen LogP contribution is 2.19. The summed E-state index contributed by atoms with van der Waals surface area (Å²) in [6.45, 7) is 3.28. The van der Waals surface area contributed by atoms with Crippen molar-refractivity contribution in [1.82, 2.24) is 14.6 Å². The Morgan fingerprint density at radius 2 is 1.95 bits per heavy atom. The minimum atomic E-state index is -3.47. The lowest BCUT2D eigenvalue weighted by molar-refractivity contribution is 0.423. The summed E-state index contributed by atoms with van der Waals surface area (Å²) in [4.78, 5) is 3.30. The molecule has 0 radical (unpaired) electrons. The van der Waals surface area contributed by atoms with Gasteiger partial charge >= 0.3 is 0 Å². The molecule has 5 nitrogen and oxygen atoms in total. The second-order valence-electron chi connectivity index (χ2n) is 4.81. The van der Waals surface area contributed by atoms with Gasteiger partial charge < -0.3 is 10.3 Å². The number of H-pyrrole nitrogens is 1. The van der Waals surface area contributed by atoms with Crippen molar-refractivity contribution in [2.45, 2.75) is 24.9 Å². The topological polar surface area (TPSA) is 65.2 Å². The highest BCUT2D eigenvalue weighted by Gasteiger charge is 2.24. The Morgan fingerprint density at radius 3 is 2.57 bits per heavy atom. The molecule has 0 amide bonds. The Balaban J connectivity index is 2.22. The Labute approximate surface area is 126 Å². The standard InChI is InChI=1S/C15H21N3O2S/c1-3-18(12-13-7-5-4-6-8-13)21(19,20)15-9-14(10-16-2)17-11-15/h4-9,11,16-17H,3,10,12H2,1-2H3. The van der Waals surface area contributed by atoms with Gasteiger partial charge in [-0.1, -0.05) is 37.3 Å². The number of hydrogen-bond donors (Lipinski definition) is 2. The molecule has 0 fully saturated rings. The number of rotatable bonds is 7. The number of aromatic nitrogens is 1. The summed E-state index contributed by atoms with van der Waals surface area (Å²) in [6, 6.07) is 11.3. The van der Waals surface area contributed by atoms with Gasteiger partial charge in [0.25, 0.3) is 0 Å². The summed E-state index contributed by atoms with van der Waals surface area (Å²) in [5.74, 6) is 0. The molecule has 6 heteroatoms. The van der Waals surface area contributed by atoms with Crippen LogP contribution in [0.4, 0.5) is 0 Å². The van der Waals surface area contributed by atoms with Crippen molar-refractivity contribution in [2.24, 2.45) is 0 Å². The Hall–Kier alpha value is -1.63. The van der Waals surface area contributed by atoms with E-state index in [1.807, 2.05) is 44.3 Å². The van der Waals surface area contributed by atoms with Crippen LogP contribution < -0.4 is 5.32 Å². The van der Waals surface area contributed by atoms with E-state index in [4.69, 9.17) is 0 Å². The summed E-state index contributed by atoms with van der Waals surface area (Å²) in [6.07, 6.45) is 1.55. The summed E-state index contributed by atoms with van der Waals surface area (Å²) in [5, 5.41) is 2.99. The van der Waals surface area contributed by atoms with Crippen LogP contribution in [-0.4, -0.2) is 31.3 Å². The van der Waals surface area contributed by atoms with Gasteiger partial charge in [0.1, 0.15) is 0 Å². The van der Waals surface area contributed by atoms with Crippen molar-refractivity contribution in [3.05, 3.63) is 53.9 Å². The lowest BCUT2D eigenvalue weighted by atomic mass is 10.2. The lowest BCUT2D eigenvalue weighted by Crippen LogP contribution is -2.30. The zero-order chi connectivity index (χ0) is 15.3. The van der Waals surface area contributed by atoms with Crippen LogP contribution in [0.3, 0.4) is 0 Å². The van der Waals surface area contributed by atoms with E-state index in [0.717, 1.165) is 11.3 Å². The first-order chi connectivity index (χ1) is 10.1. The number of nitrogens with zero attached hydrogens (tertiary/aromatic N) is 1. The first kappa shape index (κ1) is 15.8. The Morgan fingerprint density at radius 1 is 1.24 bits per heavy atom. The summed E-state index contributed by atoms with van der Waals surface area (Å²) < 4.78 is 26.8. The molecule has 0 saturated carbocycles. The van der Waals surface area contributed by atoms with Crippen molar-refractivity contribution >= 4 is 10.0 Å². The van der Waals surface area contributed by atoms with Crippen LogP contribution in [0.15, 0.2) is 47.5 Å². The summed E-state index contributed by atoms with van der Waals surface area (Å²) in [7, 11) is -1.65.